The van der Waals surface area contributed by atoms with E-state index in [2.05, 4.69) is 85.0 Å². The number of aliphatic carboxylic acids is 1. The van der Waals surface area contributed by atoms with Gasteiger partial charge in [-0.3, -0.25) is 38.6 Å². The van der Waals surface area contributed by atoms with Crippen molar-refractivity contribution in [3.63, 3.8) is 0 Å². The second-order valence-corrected chi connectivity index (χ2v) is 21.6. The lowest BCUT2D eigenvalue weighted by molar-refractivity contribution is -0.166. The maximum Gasteiger partial charge on any atom is 0.442 e. The first-order valence-electron chi connectivity index (χ1n) is 26.9. The number of aliphatic imine (C=N–C) groups is 1. The Balaban J connectivity index is 1.27. The second kappa shape index (κ2) is 29.8. The van der Waals surface area contributed by atoms with Crippen molar-refractivity contribution in [3.8, 4) is 0 Å². The monoisotopic (exact) mass is 1270 g/mol. The highest BCUT2D eigenvalue weighted by molar-refractivity contribution is 14.1. The number of H-pyrrole nitrogens is 1. The number of nitrogens with zero attached hydrogens (tertiary/aromatic N) is 5. The van der Waals surface area contributed by atoms with E-state index in [1.165, 1.54) is 36.6 Å². The summed E-state index contributed by atoms with van der Waals surface area (Å²) < 4.78 is 42.8. The largest absolute Gasteiger partial charge is 0.480 e. The number of hydrogen-bond acceptors (Lipinski definition) is 13. The van der Waals surface area contributed by atoms with Crippen molar-refractivity contribution < 1.29 is 56.6 Å². The molecule has 83 heavy (non-hydrogen) atoms. The van der Waals surface area contributed by atoms with Gasteiger partial charge in [-0.2, -0.15) is 13.2 Å². The third kappa shape index (κ3) is 18.2. The fourth-order valence-electron chi connectivity index (χ4n) is 9.40. The number of aromatic amines is 1. The summed E-state index contributed by atoms with van der Waals surface area (Å²) in [6.45, 7) is 3.48. The van der Waals surface area contributed by atoms with Gasteiger partial charge in [-0.25, -0.2) is 9.78 Å². The van der Waals surface area contributed by atoms with Crippen molar-refractivity contribution in [2.45, 2.75) is 126 Å². The molecule has 1 saturated heterocycles. The Hall–Kier alpha value is -8.02. The van der Waals surface area contributed by atoms with E-state index >= 15 is 0 Å². The topological polar surface area (TPSA) is 362 Å². The lowest BCUT2D eigenvalue weighted by Gasteiger charge is -2.32. The third-order valence-electron chi connectivity index (χ3n) is 14.2. The molecule has 4 aromatic rings. The number of guanidine groups is 1. The summed E-state index contributed by atoms with van der Waals surface area (Å²) in [4.78, 5) is 125. The molecule has 2 aliphatic heterocycles. The Morgan fingerprint density at radius 2 is 1.35 bits per heavy atom. The number of likely N-dealkylation sites (N-methyl/N-ethyl adjacent to an activating group) is 1. The Bertz CT molecular complexity index is 2940. The SMILES string of the molecule is CC[C@H](C)[C@H](NC(=O)[C@H](Cc1ccc(I)cc1)NC(=O)[C@H](Cc1ccc(C2(C(F)(F)F)N=N2)cc1)NC(=O)[C@H](CCCN=C(N)N)NC(=O)CNC)C(=O)N[C@@H](Cc1cnc[nH]1)C(=O)N1CCC[C@H]1C(=O)N[C@@H](Cc1ccccc1)C(=O)O. The average molecular weight is 1270 g/mol. The Morgan fingerprint density at radius 3 is 1.90 bits per heavy atom. The highest BCUT2D eigenvalue weighted by Crippen LogP contribution is 2.52. The zero-order valence-electron chi connectivity index (χ0n) is 45.9. The first kappa shape index (κ1) is 64.2. The van der Waals surface area contributed by atoms with Gasteiger partial charge < -0.3 is 63.7 Å². The molecule has 0 spiro atoms. The van der Waals surface area contributed by atoms with Gasteiger partial charge in [0.05, 0.1) is 12.9 Å². The van der Waals surface area contributed by atoms with Crippen LogP contribution >= 0.6 is 22.6 Å². The molecule has 7 amide bonds. The molecule has 0 aliphatic carbocycles. The molecule has 3 heterocycles. The van der Waals surface area contributed by atoms with E-state index in [1.54, 1.807) is 68.4 Å². The Labute approximate surface area is 490 Å². The van der Waals surface area contributed by atoms with E-state index in [0.29, 0.717) is 29.7 Å². The van der Waals surface area contributed by atoms with Crippen LogP contribution in [0.4, 0.5) is 13.2 Å². The number of nitrogens with two attached hydrogens (primary N) is 2. The number of hydrogen-bond donors (Lipinski definition) is 11. The summed E-state index contributed by atoms with van der Waals surface area (Å²) in [5, 5.41) is 35.5. The molecule has 0 bridgehead atoms. The minimum Gasteiger partial charge on any atom is -0.480 e. The van der Waals surface area contributed by atoms with Gasteiger partial charge >= 0.3 is 17.8 Å². The van der Waals surface area contributed by atoms with Crippen molar-refractivity contribution in [2.24, 2.45) is 32.6 Å². The lowest BCUT2D eigenvalue weighted by atomic mass is 9.96. The first-order chi connectivity index (χ1) is 39.5. The fourth-order valence-corrected chi connectivity index (χ4v) is 9.76. The number of rotatable bonds is 30. The zero-order valence-corrected chi connectivity index (χ0v) is 48.0. The van der Waals surface area contributed by atoms with Crippen LogP contribution in [-0.4, -0.2) is 148 Å². The number of halogens is 4. The van der Waals surface area contributed by atoms with E-state index in [9.17, 15) is 56.6 Å². The molecule has 0 saturated carbocycles. The van der Waals surface area contributed by atoms with Crippen LogP contribution in [0.3, 0.4) is 0 Å². The second-order valence-electron chi connectivity index (χ2n) is 20.3. The predicted octanol–water partition coefficient (Wildman–Crippen LogP) is 1.77. The summed E-state index contributed by atoms with van der Waals surface area (Å²) in [6.07, 6.45) is -1.51. The zero-order chi connectivity index (χ0) is 60.4. The van der Waals surface area contributed by atoms with Gasteiger partial charge in [0.15, 0.2) is 5.96 Å². The summed E-state index contributed by atoms with van der Waals surface area (Å²) in [7, 11) is 1.52. The number of carboxylic acids is 1. The molecule has 1 aromatic heterocycles. The van der Waals surface area contributed by atoms with Crippen molar-refractivity contribution in [1.29, 1.82) is 0 Å². The molecule has 8 atom stereocenters. The van der Waals surface area contributed by atoms with Crippen LogP contribution < -0.4 is 48.7 Å². The third-order valence-corrected chi connectivity index (χ3v) is 14.9. The predicted molar refractivity (Wildman–Crippen MR) is 305 cm³/mol. The summed E-state index contributed by atoms with van der Waals surface area (Å²) in [5.41, 5.74) is 9.90. The van der Waals surface area contributed by atoms with E-state index in [-0.39, 0.29) is 81.7 Å². The number of carbonyl (C=O) groups is 8. The molecule has 446 valence electrons. The van der Waals surface area contributed by atoms with Crippen molar-refractivity contribution in [2.75, 3.05) is 26.7 Å². The van der Waals surface area contributed by atoms with Crippen LogP contribution in [0.1, 0.15) is 73.9 Å². The smallest absolute Gasteiger partial charge is 0.442 e. The maximum absolute atomic E-state index is 14.9. The summed E-state index contributed by atoms with van der Waals surface area (Å²) in [5.74, 6) is -7.40. The number of nitrogens with one attached hydrogen (secondary N) is 8. The minimum absolute atomic E-state index is 0.00474. The van der Waals surface area contributed by atoms with Gasteiger partial charge in [-0.15, -0.1) is 10.2 Å². The van der Waals surface area contributed by atoms with Gasteiger partial charge in [-0.05, 0) is 90.1 Å². The van der Waals surface area contributed by atoms with E-state index in [1.807, 2.05) is 0 Å². The van der Waals surface area contributed by atoms with Gasteiger partial charge in [0.1, 0.15) is 42.3 Å². The van der Waals surface area contributed by atoms with Gasteiger partial charge in [-0.1, -0.05) is 87.0 Å². The summed E-state index contributed by atoms with van der Waals surface area (Å²) >= 11 is 2.10. The Kier molecular flexibility index (Phi) is 23.0. The maximum atomic E-state index is 14.9. The fraction of sp³-hybridized carbons (Fsp3) is 0.455. The van der Waals surface area contributed by atoms with Crippen LogP contribution in [0.2, 0.25) is 0 Å². The number of alkyl halides is 3. The van der Waals surface area contributed by atoms with Crippen LogP contribution in [-0.2, 0) is 69.7 Å². The molecule has 28 heteroatoms. The van der Waals surface area contributed by atoms with Gasteiger partial charge in [0.25, 0.3) is 0 Å². The highest BCUT2D eigenvalue weighted by Gasteiger charge is 2.65. The molecular weight excluding hydrogens is 1200 g/mol. The molecule has 0 unspecified atom stereocenters. The minimum atomic E-state index is -4.82. The molecule has 6 rings (SSSR count). The molecule has 1 fully saturated rings. The normalized spacial score (nSPS) is 16.8. The molecule has 13 N–H and O–H groups in total. The number of carboxylic acid groups (broad SMARTS) is 1. The van der Waals surface area contributed by atoms with Crippen LogP contribution in [0.25, 0.3) is 0 Å². The molecule has 2 aliphatic rings. The molecule has 0 radical (unpaired) electrons. The van der Waals surface area contributed by atoms with Gasteiger partial charge in [0, 0.05) is 59.8 Å². The number of amides is 7. The molecular formula is C55H69F3IN15O9. The number of aromatic nitrogens is 2. The number of benzene rings is 3. The molecule has 3 aromatic carbocycles. The van der Waals surface area contributed by atoms with Crippen molar-refractivity contribution >= 4 is 75.9 Å². The van der Waals surface area contributed by atoms with Crippen molar-refractivity contribution in [1.82, 2.24) is 52.1 Å². The van der Waals surface area contributed by atoms with Gasteiger partial charge in [0.2, 0.25) is 41.4 Å². The molecule has 24 nitrogen and oxygen atoms in total. The standard InChI is InChI=1S/C55H69F3IN15O9/c1-4-31(2)45(50(80)69-41(27-37-28-63-30-65-37)51(81)74-23-9-13-43(74)49(79)70-42(52(82)83)26-32-10-6-5-7-11-32)71-48(78)40(25-34-16-20-36(59)21-17-34)68-47(77)39(24-33-14-18-35(19-15-33)54(72-73-54)55(56,57)58)67-46(76)38(66-44(75)29-62-3)12-8-22-64-53(60)61/h5-7,10-11,14-21,28,30-31,38-43,45,62H,4,8-9,12-13,22-27,29H2,1-3H3,(H,63,65)(H,66,75)(H,67,76)(H,68,77)(H,69,80)(H,70,79)(H,71,78)(H,82,83)(H4,60,61,64)/t31-,38-,39-,40-,41-,42-,43-,45-/m0/s1. The van der Waals surface area contributed by atoms with Crippen molar-refractivity contribution in [3.05, 3.63) is 123 Å². The number of carbonyl (C=O) groups excluding carboxylic acids is 7. The van der Waals surface area contributed by atoms with Crippen LogP contribution in [0, 0.1) is 9.49 Å². The summed E-state index contributed by atoms with van der Waals surface area (Å²) in [6, 6.07) is 11.3. The number of likely N-dealkylation sites (tertiary alicyclic amines) is 1. The average Bonchev–Trinajstić information content (AvgIpc) is 4.00. The van der Waals surface area contributed by atoms with E-state index in [4.69, 9.17) is 11.5 Å². The van der Waals surface area contributed by atoms with Crippen LogP contribution in [0.5, 0.6) is 0 Å². The number of imidazole rings is 1. The van der Waals surface area contributed by atoms with E-state index in [0.717, 1.165) is 15.7 Å². The quantitative estimate of drug-likeness (QED) is 0.0154. The van der Waals surface area contributed by atoms with Crippen LogP contribution in [0.15, 0.2) is 107 Å². The highest BCUT2D eigenvalue weighted by atomic mass is 127. The van der Waals surface area contributed by atoms with E-state index < -0.39 is 107 Å². The lowest BCUT2D eigenvalue weighted by Crippen LogP contribution is -2.61. The first-order valence-corrected chi connectivity index (χ1v) is 28.0. The Morgan fingerprint density at radius 1 is 0.771 bits per heavy atom.